The lowest BCUT2D eigenvalue weighted by Crippen LogP contribution is -2.37. The van der Waals surface area contributed by atoms with Gasteiger partial charge in [-0.25, -0.2) is 4.98 Å². The molecule has 1 N–H and O–H groups in total. The van der Waals surface area contributed by atoms with E-state index >= 15 is 0 Å². The lowest BCUT2D eigenvalue weighted by atomic mass is 10.2. The van der Waals surface area contributed by atoms with E-state index in [-0.39, 0.29) is 11.9 Å². The number of carbonyl (C=O) groups excluding carboxylic acids is 1. The molecule has 1 amide bonds. The number of pyridine rings is 1. The van der Waals surface area contributed by atoms with Crippen molar-refractivity contribution in [3.63, 3.8) is 0 Å². The van der Waals surface area contributed by atoms with Gasteiger partial charge in [-0.2, -0.15) is 15.0 Å². The van der Waals surface area contributed by atoms with Crippen LogP contribution in [0.2, 0.25) is 0 Å². The lowest BCUT2D eigenvalue weighted by molar-refractivity contribution is 0.0827. The number of fused-ring (bicyclic) bond motifs is 1. The number of rotatable bonds is 5. The van der Waals surface area contributed by atoms with Crippen LogP contribution in [0.4, 0.5) is 5.95 Å². The molecular formula is C23H23N7O3. The number of benzene rings is 1. The molecule has 168 valence electrons. The van der Waals surface area contributed by atoms with E-state index in [1.165, 1.54) is 4.90 Å². The second-order valence-corrected chi connectivity index (χ2v) is 7.77. The highest BCUT2D eigenvalue weighted by Crippen LogP contribution is 2.28. The zero-order chi connectivity index (χ0) is 22.8. The van der Waals surface area contributed by atoms with Crippen molar-refractivity contribution in [2.45, 2.75) is 0 Å². The molecule has 0 atom stereocenters. The summed E-state index contributed by atoms with van der Waals surface area (Å²) < 4.78 is 11.5. The summed E-state index contributed by atoms with van der Waals surface area (Å²) in [5, 5.41) is 0.911. The summed E-state index contributed by atoms with van der Waals surface area (Å²) >= 11 is 0. The second kappa shape index (κ2) is 8.83. The van der Waals surface area contributed by atoms with Gasteiger partial charge in [0.25, 0.3) is 5.91 Å². The van der Waals surface area contributed by atoms with Crippen LogP contribution in [0.15, 0.2) is 48.8 Å². The largest absolute Gasteiger partial charge is 0.424 e. The number of hydrogen-bond acceptors (Lipinski definition) is 8. The molecule has 1 fully saturated rings. The number of aromatic nitrogens is 5. The lowest BCUT2D eigenvalue weighted by Gasteiger charge is -2.27. The normalized spacial score (nSPS) is 13.8. The molecule has 33 heavy (non-hydrogen) atoms. The zero-order valence-corrected chi connectivity index (χ0v) is 18.4. The van der Waals surface area contributed by atoms with Crippen molar-refractivity contribution in [1.29, 1.82) is 0 Å². The molecule has 0 saturated carbocycles. The summed E-state index contributed by atoms with van der Waals surface area (Å²) in [6.07, 6.45) is 3.55. The number of morpholine rings is 1. The van der Waals surface area contributed by atoms with Crippen LogP contribution >= 0.6 is 0 Å². The molecular weight excluding hydrogens is 422 g/mol. The van der Waals surface area contributed by atoms with E-state index in [2.05, 4.69) is 24.8 Å². The molecule has 1 aromatic carbocycles. The van der Waals surface area contributed by atoms with Gasteiger partial charge in [-0.05, 0) is 36.4 Å². The Morgan fingerprint density at radius 2 is 1.85 bits per heavy atom. The van der Waals surface area contributed by atoms with Gasteiger partial charge in [0.05, 0.1) is 13.2 Å². The SMILES string of the molecule is CN(C)C(=O)c1ccc(Oc2nc(-c3ccnc4[nH]ccc34)nc(N3CCOCC3)n2)cc1. The van der Waals surface area contributed by atoms with Gasteiger partial charge in [-0.3, -0.25) is 4.79 Å². The number of H-pyrrole nitrogens is 1. The Labute approximate surface area is 190 Å². The molecule has 3 aromatic heterocycles. The minimum atomic E-state index is -0.0770. The third-order valence-electron chi connectivity index (χ3n) is 5.31. The highest BCUT2D eigenvalue weighted by Gasteiger charge is 2.19. The Morgan fingerprint density at radius 1 is 1.06 bits per heavy atom. The Bertz CT molecular complexity index is 1280. The third kappa shape index (κ3) is 4.33. The topological polar surface area (TPSA) is 109 Å². The van der Waals surface area contributed by atoms with E-state index in [0.717, 1.165) is 16.6 Å². The average molecular weight is 445 g/mol. The average Bonchev–Trinajstić information content (AvgIpc) is 3.33. The van der Waals surface area contributed by atoms with Crippen LogP contribution < -0.4 is 9.64 Å². The minimum Gasteiger partial charge on any atom is -0.424 e. The van der Waals surface area contributed by atoms with Gasteiger partial charge >= 0.3 is 6.01 Å². The molecule has 1 saturated heterocycles. The smallest absolute Gasteiger partial charge is 0.327 e. The first kappa shape index (κ1) is 20.8. The van der Waals surface area contributed by atoms with Crippen molar-refractivity contribution < 1.29 is 14.3 Å². The summed E-state index contributed by atoms with van der Waals surface area (Å²) in [4.78, 5) is 37.1. The van der Waals surface area contributed by atoms with Crippen molar-refractivity contribution in [3.05, 3.63) is 54.4 Å². The van der Waals surface area contributed by atoms with Gasteiger partial charge in [-0.1, -0.05) is 0 Å². The van der Waals surface area contributed by atoms with Gasteiger partial charge in [-0.15, -0.1) is 0 Å². The van der Waals surface area contributed by atoms with Crippen molar-refractivity contribution in [2.24, 2.45) is 0 Å². The van der Waals surface area contributed by atoms with Crippen molar-refractivity contribution in [3.8, 4) is 23.1 Å². The van der Waals surface area contributed by atoms with E-state index in [9.17, 15) is 4.79 Å². The predicted octanol–water partition coefficient (Wildman–Crippen LogP) is 2.75. The predicted molar refractivity (Wildman–Crippen MR) is 122 cm³/mol. The highest BCUT2D eigenvalue weighted by molar-refractivity contribution is 5.94. The van der Waals surface area contributed by atoms with Crippen molar-refractivity contribution in [1.82, 2.24) is 29.8 Å². The number of anilines is 1. The summed E-state index contributed by atoms with van der Waals surface area (Å²) in [6, 6.07) is 10.9. The molecule has 4 aromatic rings. The van der Waals surface area contributed by atoms with Gasteiger partial charge in [0.1, 0.15) is 11.4 Å². The van der Waals surface area contributed by atoms with Crippen LogP contribution in [0.1, 0.15) is 10.4 Å². The Balaban J connectivity index is 1.52. The summed E-state index contributed by atoms with van der Waals surface area (Å²) in [6.45, 7) is 2.58. The molecule has 1 aliphatic heterocycles. The zero-order valence-electron chi connectivity index (χ0n) is 18.4. The van der Waals surface area contributed by atoms with E-state index < -0.39 is 0 Å². The number of ether oxygens (including phenoxy) is 2. The van der Waals surface area contributed by atoms with E-state index in [1.807, 2.05) is 18.3 Å². The standard InChI is InChI=1S/C23H23N7O3/c1-29(2)21(31)15-3-5-16(6-4-15)33-23-27-20(18-8-10-25-19-17(18)7-9-24-19)26-22(28-23)30-11-13-32-14-12-30/h3-10H,11-14H2,1-2H3,(H,24,25). The molecule has 10 heteroatoms. The van der Waals surface area contributed by atoms with Crippen LogP contribution in [-0.2, 0) is 4.74 Å². The first-order valence-corrected chi connectivity index (χ1v) is 10.6. The molecule has 5 rings (SSSR count). The monoisotopic (exact) mass is 445 g/mol. The maximum absolute atomic E-state index is 12.1. The Hall–Kier alpha value is -4.05. The maximum Gasteiger partial charge on any atom is 0.327 e. The fourth-order valence-electron chi connectivity index (χ4n) is 3.60. The van der Waals surface area contributed by atoms with Crippen LogP contribution in [0, 0.1) is 0 Å². The van der Waals surface area contributed by atoms with Gasteiger partial charge in [0.2, 0.25) is 5.95 Å². The van der Waals surface area contributed by atoms with Crippen LogP contribution in [0.5, 0.6) is 11.8 Å². The number of nitrogens with one attached hydrogen (secondary N) is 1. The van der Waals surface area contributed by atoms with E-state index in [1.54, 1.807) is 44.6 Å². The van der Waals surface area contributed by atoms with Crippen molar-refractivity contribution >= 4 is 22.9 Å². The number of aromatic amines is 1. The molecule has 1 aliphatic rings. The number of carbonyl (C=O) groups is 1. The van der Waals surface area contributed by atoms with Gasteiger partial charge < -0.3 is 24.3 Å². The first-order valence-electron chi connectivity index (χ1n) is 10.6. The number of nitrogens with zero attached hydrogens (tertiary/aromatic N) is 6. The quantitative estimate of drug-likeness (QED) is 0.499. The summed E-state index contributed by atoms with van der Waals surface area (Å²) in [7, 11) is 3.43. The summed E-state index contributed by atoms with van der Waals surface area (Å²) in [5.41, 5.74) is 2.16. The minimum absolute atomic E-state index is 0.0770. The van der Waals surface area contributed by atoms with Crippen LogP contribution in [0.25, 0.3) is 22.4 Å². The van der Waals surface area contributed by atoms with E-state index in [4.69, 9.17) is 14.5 Å². The summed E-state index contributed by atoms with van der Waals surface area (Å²) in [5.74, 6) is 1.47. The van der Waals surface area contributed by atoms with Gasteiger partial charge in [0, 0.05) is 56.1 Å². The highest BCUT2D eigenvalue weighted by atomic mass is 16.5. The Kier molecular flexibility index (Phi) is 5.57. The number of hydrogen-bond donors (Lipinski definition) is 1. The van der Waals surface area contributed by atoms with Gasteiger partial charge in [0.15, 0.2) is 5.82 Å². The third-order valence-corrected chi connectivity index (χ3v) is 5.31. The number of amides is 1. The molecule has 4 heterocycles. The van der Waals surface area contributed by atoms with Crippen molar-refractivity contribution in [2.75, 3.05) is 45.3 Å². The molecule has 0 bridgehead atoms. The molecule has 10 nitrogen and oxygen atoms in total. The van der Waals surface area contributed by atoms with Crippen LogP contribution in [-0.4, -0.2) is 76.1 Å². The molecule has 0 radical (unpaired) electrons. The Morgan fingerprint density at radius 3 is 2.61 bits per heavy atom. The molecule has 0 aliphatic carbocycles. The van der Waals surface area contributed by atoms with E-state index in [0.29, 0.717) is 49.4 Å². The van der Waals surface area contributed by atoms with Crippen LogP contribution in [0.3, 0.4) is 0 Å². The first-order chi connectivity index (χ1) is 16.1. The maximum atomic E-state index is 12.1. The molecule has 0 spiro atoms. The fraction of sp³-hybridized carbons (Fsp3) is 0.261. The second-order valence-electron chi connectivity index (χ2n) is 7.77. The molecule has 0 unspecified atom stereocenters. The fourth-order valence-corrected chi connectivity index (χ4v) is 3.60.